The Hall–Kier alpha value is -2.87. The topological polar surface area (TPSA) is 84.9 Å². The van der Waals surface area contributed by atoms with Gasteiger partial charge in [-0.25, -0.2) is 4.79 Å². The first-order valence-corrected chi connectivity index (χ1v) is 16.5. The Morgan fingerprint density at radius 3 is 2.36 bits per heavy atom. The van der Waals surface area contributed by atoms with Crippen LogP contribution in [0.1, 0.15) is 45.2 Å². The van der Waals surface area contributed by atoms with Crippen molar-refractivity contribution in [2.24, 2.45) is 5.92 Å². The molecule has 3 atom stereocenters. The fourth-order valence-electron chi connectivity index (χ4n) is 3.68. The van der Waals surface area contributed by atoms with Crippen molar-refractivity contribution in [3.05, 3.63) is 82.9 Å². The fourth-order valence-corrected chi connectivity index (χ4v) is 5.38. The van der Waals surface area contributed by atoms with Gasteiger partial charge in [-0.2, -0.15) is 0 Å². The van der Waals surface area contributed by atoms with Crippen LogP contribution in [0.3, 0.4) is 0 Å². The molecule has 0 fully saturated rings. The number of ether oxygens (including phenoxy) is 1. The minimum Gasteiger partial charge on any atom is -0.495 e. The summed E-state index contributed by atoms with van der Waals surface area (Å²) in [4.78, 5) is 24.5. The molecule has 6 nitrogen and oxygen atoms in total. The highest BCUT2D eigenvalue weighted by Crippen LogP contribution is 2.38. The largest absolute Gasteiger partial charge is 0.495 e. The van der Waals surface area contributed by atoms with Crippen LogP contribution in [0.25, 0.3) is 6.08 Å². The van der Waals surface area contributed by atoms with Crippen molar-refractivity contribution in [1.29, 1.82) is 0 Å². The number of carbonyl (C=O) groups excluding carboxylic acids is 1. The van der Waals surface area contributed by atoms with Crippen LogP contribution in [0.15, 0.2) is 66.8 Å². The van der Waals surface area contributed by atoms with E-state index in [1.165, 1.54) is 13.2 Å². The molecule has 2 N–H and O–H groups in total. The van der Waals surface area contributed by atoms with Crippen LogP contribution in [0.5, 0.6) is 5.75 Å². The van der Waals surface area contributed by atoms with Gasteiger partial charge >= 0.3 is 5.97 Å². The molecule has 2 aromatic carbocycles. The number of hydrogen-bond donors (Lipinski definition) is 2. The van der Waals surface area contributed by atoms with Crippen LogP contribution in [0.4, 0.5) is 0 Å². The summed E-state index contributed by atoms with van der Waals surface area (Å²) in [7, 11) is -0.568. The number of rotatable bonds is 13. The third kappa shape index (κ3) is 10.3. The zero-order valence-electron chi connectivity index (χ0n) is 24.0. The molecular weight excluding hydrogens is 530 g/mol. The highest BCUT2D eigenvalue weighted by atomic mass is 35.5. The second kappa shape index (κ2) is 14.5. The van der Waals surface area contributed by atoms with Crippen molar-refractivity contribution in [1.82, 2.24) is 5.32 Å². The van der Waals surface area contributed by atoms with Gasteiger partial charge in [0, 0.05) is 6.42 Å². The number of halogens is 1. The van der Waals surface area contributed by atoms with E-state index in [4.69, 9.17) is 20.8 Å². The third-order valence-electron chi connectivity index (χ3n) is 7.14. The second-order valence-electron chi connectivity index (χ2n) is 11.3. The summed E-state index contributed by atoms with van der Waals surface area (Å²) in [5, 5.41) is 12.7. The molecular formula is C31H42ClNO5Si. The minimum absolute atomic E-state index is 0.0360. The molecule has 8 heteroatoms. The number of amides is 1. The number of aliphatic carboxylic acids is 1. The van der Waals surface area contributed by atoms with Crippen molar-refractivity contribution in [2.45, 2.75) is 70.8 Å². The summed E-state index contributed by atoms with van der Waals surface area (Å²) < 4.78 is 11.9. The zero-order valence-corrected chi connectivity index (χ0v) is 25.8. The van der Waals surface area contributed by atoms with Crippen molar-refractivity contribution in [3.63, 3.8) is 0 Å². The van der Waals surface area contributed by atoms with Crippen LogP contribution in [0.2, 0.25) is 23.2 Å². The normalized spacial score (nSPS) is 14.8. The van der Waals surface area contributed by atoms with E-state index < -0.39 is 26.2 Å². The molecule has 212 valence electrons. The number of carboxylic acids is 1. The van der Waals surface area contributed by atoms with Crippen molar-refractivity contribution in [3.8, 4) is 5.75 Å². The molecule has 0 heterocycles. The van der Waals surface area contributed by atoms with Gasteiger partial charge in [-0.3, -0.25) is 4.79 Å². The number of carboxylic acid groups (broad SMARTS) is 1. The predicted molar refractivity (Wildman–Crippen MR) is 162 cm³/mol. The summed E-state index contributed by atoms with van der Waals surface area (Å²) in [6.07, 6.45) is 7.87. The van der Waals surface area contributed by atoms with E-state index in [-0.39, 0.29) is 23.5 Å². The standard InChI is InChI=1S/C31H42ClNO5Si/c1-22(16-17-23-12-9-8-10-13-23)27(38-39(6,7)31(2,3)4)14-11-15-29(34)33-26(30(35)36)21-24-18-19-28(37-5)25(32)20-24/h8-13,15-20,22,26-27H,14,21H2,1-7H3,(H,33,34)(H,35,36)/b15-11+,17-16+/t22-,26?,27+/m1/s1. The lowest BCUT2D eigenvalue weighted by Gasteiger charge is -2.40. The van der Waals surface area contributed by atoms with Crippen LogP contribution >= 0.6 is 11.6 Å². The van der Waals surface area contributed by atoms with Gasteiger partial charge in [0.25, 0.3) is 0 Å². The third-order valence-corrected chi connectivity index (χ3v) is 11.9. The second-order valence-corrected chi connectivity index (χ2v) is 16.4. The first-order chi connectivity index (χ1) is 18.2. The van der Waals surface area contributed by atoms with Crippen LogP contribution in [0, 0.1) is 5.92 Å². The first-order valence-electron chi connectivity index (χ1n) is 13.2. The minimum atomic E-state index is -2.08. The average molecular weight is 572 g/mol. The van der Waals surface area contributed by atoms with Gasteiger partial charge in [-0.05, 0) is 59.8 Å². The smallest absolute Gasteiger partial charge is 0.326 e. The Balaban J connectivity index is 2.11. The Bertz CT molecular complexity index is 1160. The van der Waals surface area contributed by atoms with Crippen molar-refractivity contribution < 1.29 is 23.9 Å². The Morgan fingerprint density at radius 1 is 1.13 bits per heavy atom. The monoisotopic (exact) mass is 571 g/mol. The average Bonchev–Trinajstić information content (AvgIpc) is 2.86. The lowest BCUT2D eigenvalue weighted by Crippen LogP contribution is -2.45. The number of benzene rings is 2. The van der Waals surface area contributed by atoms with Gasteiger partial charge in [0.1, 0.15) is 11.8 Å². The molecule has 0 aromatic heterocycles. The molecule has 2 aromatic rings. The maximum Gasteiger partial charge on any atom is 0.326 e. The molecule has 0 aliphatic heterocycles. The molecule has 0 spiro atoms. The SMILES string of the molecule is COc1ccc(CC(NC(=O)/C=C/C[C@H](O[Si](C)(C)C(C)(C)C)[C@H](C)/C=C/c2ccccc2)C(=O)O)cc1Cl. The first kappa shape index (κ1) is 32.3. The summed E-state index contributed by atoms with van der Waals surface area (Å²) >= 11 is 6.17. The van der Waals surface area contributed by atoms with Crippen LogP contribution < -0.4 is 10.1 Å². The molecule has 1 unspecified atom stereocenters. The van der Waals surface area contributed by atoms with E-state index in [1.54, 1.807) is 24.3 Å². The van der Waals surface area contributed by atoms with E-state index in [1.807, 2.05) is 18.2 Å². The van der Waals surface area contributed by atoms with Gasteiger partial charge < -0.3 is 19.6 Å². The predicted octanol–water partition coefficient (Wildman–Crippen LogP) is 7.15. The highest BCUT2D eigenvalue weighted by molar-refractivity contribution is 6.74. The molecule has 0 aliphatic carbocycles. The lowest BCUT2D eigenvalue weighted by atomic mass is 10.00. The summed E-state index contributed by atoms with van der Waals surface area (Å²) in [5.74, 6) is -0.997. The van der Waals surface area contributed by atoms with E-state index in [2.05, 4.69) is 70.4 Å². The molecule has 0 bridgehead atoms. The number of hydrogen-bond acceptors (Lipinski definition) is 4. The van der Waals surface area contributed by atoms with Crippen LogP contribution in [-0.4, -0.2) is 44.6 Å². The van der Waals surface area contributed by atoms with E-state index >= 15 is 0 Å². The van der Waals surface area contributed by atoms with Gasteiger partial charge in [0.05, 0.1) is 18.2 Å². The number of carbonyl (C=O) groups is 2. The molecule has 0 saturated heterocycles. The summed E-state index contributed by atoms with van der Waals surface area (Å²) in [6, 6.07) is 14.0. The molecule has 39 heavy (non-hydrogen) atoms. The van der Waals surface area contributed by atoms with E-state index in [0.717, 1.165) is 5.56 Å². The van der Waals surface area contributed by atoms with Gasteiger partial charge in [-0.1, -0.05) is 93.9 Å². The maximum atomic E-state index is 12.7. The molecule has 0 aliphatic rings. The van der Waals surface area contributed by atoms with Crippen molar-refractivity contribution >= 4 is 37.9 Å². The fraction of sp³-hybridized carbons (Fsp3) is 0.419. The van der Waals surface area contributed by atoms with Gasteiger partial charge in [-0.15, -0.1) is 0 Å². The Morgan fingerprint density at radius 2 is 1.79 bits per heavy atom. The summed E-state index contributed by atoms with van der Waals surface area (Å²) in [5.41, 5.74) is 1.79. The van der Waals surface area contributed by atoms with Gasteiger partial charge in [0.15, 0.2) is 8.32 Å². The number of nitrogens with one attached hydrogen (secondary N) is 1. The molecule has 1 amide bonds. The Labute approximate surface area is 239 Å². The summed E-state index contributed by atoms with van der Waals surface area (Å²) in [6.45, 7) is 13.1. The lowest BCUT2D eigenvalue weighted by molar-refractivity contribution is -0.141. The quantitative estimate of drug-likeness (QED) is 0.197. The maximum absolute atomic E-state index is 12.7. The van der Waals surface area contributed by atoms with Crippen molar-refractivity contribution in [2.75, 3.05) is 7.11 Å². The molecule has 0 saturated carbocycles. The van der Waals surface area contributed by atoms with Gasteiger partial charge in [0.2, 0.25) is 5.91 Å². The highest BCUT2D eigenvalue weighted by Gasteiger charge is 2.39. The molecule has 0 radical (unpaired) electrons. The number of methoxy groups -OCH3 is 1. The van der Waals surface area contributed by atoms with Crippen LogP contribution in [-0.2, 0) is 20.4 Å². The van der Waals surface area contributed by atoms with E-state index in [9.17, 15) is 14.7 Å². The van der Waals surface area contributed by atoms with E-state index in [0.29, 0.717) is 22.8 Å². The zero-order chi connectivity index (χ0) is 29.2. The Kier molecular flexibility index (Phi) is 12.0. The molecule has 2 rings (SSSR count).